The van der Waals surface area contributed by atoms with Gasteiger partial charge in [0.15, 0.2) is 12.2 Å². The fourth-order valence-corrected chi connectivity index (χ4v) is 2.30. The molecule has 1 aromatic heterocycles. The third-order valence-electron chi connectivity index (χ3n) is 3.99. The molecule has 0 spiro atoms. The number of hydrogen-bond donors (Lipinski definition) is 2. The molecular weight excluding hydrogens is 364 g/mol. The van der Waals surface area contributed by atoms with E-state index < -0.39 is 36.4 Å². The van der Waals surface area contributed by atoms with Crippen LogP contribution in [0.15, 0.2) is 18.3 Å². The fourth-order valence-electron chi connectivity index (χ4n) is 2.30. The van der Waals surface area contributed by atoms with Gasteiger partial charge in [-0.3, -0.25) is 4.79 Å². The van der Waals surface area contributed by atoms with Crippen LogP contribution in [0.2, 0.25) is 0 Å². The smallest absolute Gasteiger partial charge is 0.340 e. The molecule has 0 atom stereocenters. The number of rotatable bonds is 6. The molecule has 1 amide bonds. The van der Waals surface area contributed by atoms with E-state index in [9.17, 15) is 32.3 Å². The molecule has 144 valence electrons. The minimum Gasteiger partial charge on any atom is -0.479 e. The van der Waals surface area contributed by atoms with Crippen LogP contribution in [0.1, 0.15) is 23.2 Å². The van der Waals surface area contributed by atoms with E-state index in [1.54, 1.807) is 0 Å². The topological polar surface area (TPSA) is 100.0 Å². The fraction of sp³-hybridized carbons (Fsp3) is 0.533. The number of aromatic nitrogens is 1. The first-order valence-electron chi connectivity index (χ1n) is 7.55. The van der Waals surface area contributed by atoms with E-state index in [0.717, 1.165) is 12.3 Å². The summed E-state index contributed by atoms with van der Waals surface area (Å²) in [5.74, 6) is -6.51. The second-order valence-electron chi connectivity index (χ2n) is 5.86. The SMILES string of the molecule is O=C(c1ccc(OCC(F)(F)C(F)F)nc1)N1CCC(O)(C(=O)O)CC1. The van der Waals surface area contributed by atoms with Crippen molar-refractivity contribution < 1.29 is 42.1 Å². The van der Waals surface area contributed by atoms with Gasteiger partial charge in [0.2, 0.25) is 5.88 Å². The molecule has 1 aromatic rings. The third-order valence-corrected chi connectivity index (χ3v) is 3.99. The summed E-state index contributed by atoms with van der Waals surface area (Å²) in [4.78, 5) is 28.2. The molecule has 0 saturated carbocycles. The predicted octanol–water partition coefficient (Wildman–Crippen LogP) is 1.41. The molecule has 0 unspecified atom stereocenters. The Kier molecular flexibility index (Phi) is 5.69. The molecule has 1 aliphatic heterocycles. The number of amides is 1. The number of hydrogen-bond acceptors (Lipinski definition) is 5. The van der Waals surface area contributed by atoms with Crippen LogP contribution in [0.25, 0.3) is 0 Å². The Morgan fingerprint density at radius 3 is 2.38 bits per heavy atom. The highest BCUT2D eigenvalue weighted by Gasteiger charge is 2.42. The summed E-state index contributed by atoms with van der Waals surface area (Å²) in [5.41, 5.74) is -1.79. The number of halogens is 4. The summed E-state index contributed by atoms with van der Waals surface area (Å²) in [6.45, 7) is -1.52. The maximum atomic E-state index is 12.8. The van der Waals surface area contributed by atoms with Crippen LogP contribution in [0.4, 0.5) is 17.6 Å². The maximum absolute atomic E-state index is 12.8. The second kappa shape index (κ2) is 7.44. The quantitative estimate of drug-likeness (QED) is 0.724. The number of piperidine rings is 1. The van der Waals surface area contributed by atoms with E-state index >= 15 is 0 Å². The Balaban J connectivity index is 1.94. The summed E-state index contributed by atoms with van der Waals surface area (Å²) < 4.78 is 54.1. The van der Waals surface area contributed by atoms with E-state index in [-0.39, 0.29) is 37.4 Å². The molecular formula is C15H16F4N2O5. The van der Waals surface area contributed by atoms with Crippen LogP contribution in [0.3, 0.4) is 0 Å². The number of aliphatic hydroxyl groups is 1. The lowest BCUT2D eigenvalue weighted by Crippen LogP contribution is -2.50. The predicted molar refractivity (Wildman–Crippen MR) is 78.4 cm³/mol. The van der Waals surface area contributed by atoms with E-state index in [1.165, 1.54) is 11.0 Å². The second-order valence-corrected chi connectivity index (χ2v) is 5.86. The van der Waals surface area contributed by atoms with Gasteiger partial charge in [0, 0.05) is 38.2 Å². The summed E-state index contributed by atoms with van der Waals surface area (Å²) in [7, 11) is 0. The molecule has 11 heteroatoms. The van der Waals surface area contributed by atoms with Crippen molar-refractivity contribution in [1.29, 1.82) is 0 Å². The molecule has 0 aliphatic carbocycles. The van der Waals surface area contributed by atoms with Crippen LogP contribution in [-0.4, -0.2) is 69.6 Å². The number of carboxylic acid groups (broad SMARTS) is 1. The first kappa shape index (κ1) is 19.9. The average Bonchev–Trinajstić information content (AvgIpc) is 2.60. The number of carbonyl (C=O) groups excluding carboxylic acids is 1. The summed E-state index contributed by atoms with van der Waals surface area (Å²) in [6.07, 6.45) is -3.10. The van der Waals surface area contributed by atoms with Crippen molar-refractivity contribution in [3.05, 3.63) is 23.9 Å². The molecule has 2 heterocycles. The lowest BCUT2D eigenvalue weighted by molar-refractivity contribution is -0.162. The number of pyridine rings is 1. The van der Waals surface area contributed by atoms with E-state index in [1.807, 2.05) is 0 Å². The maximum Gasteiger partial charge on any atom is 0.340 e. The van der Waals surface area contributed by atoms with Gasteiger partial charge in [0.05, 0.1) is 5.56 Å². The summed E-state index contributed by atoms with van der Waals surface area (Å²) >= 11 is 0. The highest BCUT2D eigenvalue weighted by molar-refractivity contribution is 5.94. The van der Waals surface area contributed by atoms with Crippen LogP contribution in [-0.2, 0) is 4.79 Å². The van der Waals surface area contributed by atoms with Crippen molar-refractivity contribution in [3.8, 4) is 5.88 Å². The molecule has 0 bridgehead atoms. The zero-order valence-electron chi connectivity index (χ0n) is 13.4. The molecule has 1 fully saturated rings. The molecule has 2 rings (SSSR count). The first-order chi connectivity index (χ1) is 12.0. The van der Waals surface area contributed by atoms with Gasteiger partial charge >= 0.3 is 18.3 Å². The van der Waals surface area contributed by atoms with Gasteiger partial charge in [0.1, 0.15) is 0 Å². The van der Waals surface area contributed by atoms with Gasteiger partial charge in [-0.05, 0) is 6.07 Å². The van der Waals surface area contributed by atoms with Gasteiger partial charge in [-0.2, -0.15) is 8.78 Å². The zero-order valence-corrected chi connectivity index (χ0v) is 13.4. The highest BCUT2D eigenvalue weighted by Crippen LogP contribution is 2.25. The summed E-state index contributed by atoms with van der Waals surface area (Å²) in [6, 6.07) is 2.31. The number of alkyl halides is 4. The van der Waals surface area contributed by atoms with E-state index in [2.05, 4.69) is 9.72 Å². The number of carboxylic acids is 1. The number of carbonyl (C=O) groups is 2. The van der Waals surface area contributed by atoms with Crippen molar-refractivity contribution in [2.45, 2.75) is 30.8 Å². The van der Waals surface area contributed by atoms with Crippen LogP contribution >= 0.6 is 0 Å². The van der Waals surface area contributed by atoms with Crippen molar-refractivity contribution in [2.75, 3.05) is 19.7 Å². The normalized spacial score (nSPS) is 17.2. The lowest BCUT2D eigenvalue weighted by Gasteiger charge is -2.35. The van der Waals surface area contributed by atoms with Crippen molar-refractivity contribution in [2.24, 2.45) is 0 Å². The largest absolute Gasteiger partial charge is 0.479 e. The Morgan fingerprint density at radius 1 is 1.31 bits per heavy atom. The van der Waals surface area contributed by atoms with Gasteiger partial charge in [-0.1, -0.05) is 0 Å². The number of ether oxygens (including phenoxy) is 1. The number of nitrogens with zero attached hydrogens (tertiary/aromatic N) is 2. The van der Waals surface area contributed by atoms with Crippen molar-refractivity contribution in [1.82, 2.24) is 9.88 Å². The molecule has 0 radical (unpaired) electrons. The molecule has 1 aliphatic rings. The summed E-state index contributed by atoms with van der Waals surface area (Å²) in [5, 5.41) is 18.8. The van der Waals surface area contributed by atoms with E-state index in [0.29, 0.717) is 0 Å². The Bertz CT molecular complexity index is 661. The molecule has 2 N–H and O–H groups in total. The molecule has 7 nitrogen and oxygen atoms in total. The first-order valence-corrected chi connectivity index (χ1v) is 7.55. The minimum atomic E-state index is -4.31. The molecule has 0 aromatic carbocycles. The van der Waals surface area contributed by atoms with Crippen molar-refractivity contribution in [3.63, 3.8) is 0 Å². The number of aliphatic carboxylic acids is 1. The monoisotopic (exact) mass is 380 g/mol. The Labute approximate surface area is 145 Å². The molecule has 26 heavy (non-hydrogen) atoms. The van der Waals surface area contributed by atoms with Gasteiger partial charge in [0.25, 0.3) is 5.91 Å². The van der Waals surface area contributed by atoms with E-state index in [4.69, 9.17) is 5.11 Å². The number of likely N-dealkylation sites (tertiary alicyclic amines) is 1. The Morgan fingerprint density at radius 2 is 1.92 bits per heavy atom. The zero-order chi connectivity index (χ0) is 19.5. The van der Waals surface area contributed by atoms with Crippen LogP contribution < -0.4 is 4.74 Å². The minimum absolute atomic E-state index is 0.0144. The van der Waals surface area contributed by atoms with Gasteiger partial charge in [-0.25, -0.2) is 18.6 Å². The molecule has 1 saturated heterocycles. The standard InChI is InChI=1S/C15H16F4N2O5/c16-12(17)15(18,19)8-26-10-2-1-9(7-20-10)11(22)21-5-3-14(25,4-6-21)13(23)24/h1-2,7,12,25H,3-6,8H2,(H,23,24). The van der Waals surface area contributed by atoms with Crippen LogP contribution in [0.5, 0.6) is 5.88 Å². The highest BCUT2D eigenvalue weighted by atomic mass is 19.3. The Hall–Kier alpha value is -2.43. The third kappa shape index (κ3) is 4.40. The van der Waals surface area contributed by atoms with Gasteiger partial charge < -0.3 is 19.8 Å². The lowest BCUT2D eigenvalue weighted by atomic mass is 9.91. The van der Waals surface area contributed by atoms with Crippen molar-refractivity contribution >= 4 is 11.9 Å². The average molecular weight is 380 g/mol. The van der Waals surface area contributed by atoms with Crippen LogP contribution in [0, 0.1) is 0 Å². The van der Waals surface area contributed by atoms with Gasteiger partial charge in [-0.15, -0.1) is 0 Å².